The van der Waals surface area contributed by atoms with Crippen LogP contribution in [0.2, 0.25) is 0 Å². The molecule has 2 aromatic heterocycles. The van der Waals surface area contributed by atoms with E-state index in [9.17, 15) is 19.2 Å². The van der Waals surface area contributed by atoms with Crippen molar-refractivity contribution in [1.29, 1.82) is 0 Å². The summed E-state index contributed by atoms with van der Waals surface area (Å²) in [5, 5.41) is 8.88. The molecule has 2 fully saturated rings. The molecule has 10 nitrogen and oxygen atoms in total. The maximum Gasteiger partial charge on any atom is 0.303 e. The molecule has 0 aromatic carbocycles. The van der Waals surface area contributed by atoms with E-state index in [1.165, 1.54) is 15.4 Å². The molecule has 0 radical (unpaired) electrons. The van der Waals surface area contributed by atoms with Crippen LogP contribution in [0.4, 0.5) is 5.82 Å². The molecular formula is C23H25N5O5S2. The molecule has 0 bridgehead atoms. The van der Waals surface area contributed by atoms with E-state index in [2.05, 4.69) is 0 Å². The van der Waals surface area contributed by atoms with E-state index in [4.69, 9.17) is 28.0 Å². The number of rotatable bonds is 7. The summed E-state index contributed by atoms with van der Waals surface area (Å²) in [6.07, 6.45) is 4.52. The van der Waals surface area contributed by atoms with Gasteiger partial charge in [-0.1, -0.05) is 30.0 Å². The van der Waals surface area contributed by atoms with Crippen LogP contribution >= 0.6 is 24.0 Å². The highest BCUT2D eigenvalue weighted by Gasteiger charge is 2.33. The third-order valence-electron chi connectivity index (χ3n) is 6.10. The predicted octanol–water partition coefficient (Wildman–Crippen LogP) is 1.77. The number of piperidine rings is 1. The molecule has 184 valence electrons. The number of amides is 2. The number of carbonyl (C=O) groups excluding carboxylic acids is 2. The second-order valence-electron chi connectivity index (χ2n) is 8.58. The summed E-state index contributed by atoms with van der Waals surface area (Å²) in [6, 6.07) is 3.63. The molecule has 2 aliphatic rings. The Morgan fingerprint density at radius 2 is 2.00 bits per heavy atom. The van der Waals surface area contributed by atoms with Crippen molar-refractivity contribution in [3.63, 3.8) is 0 Å². The lowest BCUT2D eigenvalue weighted by Gasteiger charge is -2.32. The molecule has 4 heterocycles. The van der Waals surface area contributed by atoms with Gasteiger partial charge in [0.2, 0.25) is 5.91 Å². The Morgan fingerprint density at radius 3 is 2.66 bits per heavy atom. The van der Waals surface area contributed by atoms with Crippen molar-refractivity contribution in [3.05, 3.63) is 44.7 Å². The molecule has 12 heteroatoms. The lowest BCUT2D eigenvalue weighted by Crippen LogP contribution is -2.40. The van der Waals surface area contributed by atoms with Crippen LogP contribution in [0.15, 0.2) is 28.0 Å². The number of aliphatic carboxylic acids is 1. The minimum atomic E-state index is -0.943. The topological polar surface area (TPSA) is 138 Å². The monoisotopic (exact) mass is 515 g/mol. The number of carboxylic acid groups (broad SMARTS) is 1. The van der Waals surface area contributed by atoms with Gasteiger partial charge in [0.15, 0.2) is 0 Å². The number of nitrogens with zero attached hydrogens (tertiary/aromatic N) is 4. The zero-order valence-electron chi connectivity index (χ0n) is 19.1. The zero-order valence-corrected chi connectivity index (χ0v) is 20.7. The first-order chi connectivity index (χ1) is 16.7. The lowest BCUT2D eigenvalue weighted by atomic mass is 9.96. The molecule has 2 aliphatic heterocycles. The first-order valence-corrected chi connectivity index (χ1v) is 12.4. The average Bonchev–Trinajstić information content (AvgIpc) is 3.08. The second-order valence-corrected chi connectivity index (χ2v) is 10.3. The number of pyridine rings is 1. The normalized spacial score (nSPS) is 18.1. The highest BCUT2D eigenvalue weighted by atomic mass is 32.2. The van der Waals surface area contributed by atoms with Gasteiger partial charge in [0.1, 0.15) is 15.8 Å². The number of fused-ring (bicyclic) bond motifs is 1. The highest BCUT2D eigenvalue weighted by molar-refractivity contribution is 8.26. The summed E-state index contributed by atoms with van der Waals surface area (Å²) in [7, 11) is 0. The van der Waals surface area contributed by atoms with Crippen molar-refractivity contribution < 1.29 is 19.5 Å². The Hall–Kier alpha value is -3.25. The van der Waals surface area contributed by atoms with E-state index < -0.39 is 5.97 Å². The Bertz CT molecular complexity index is 1310. The van der Waals surface area contributed by atoms with Gasteiger partial charge in [-0.2, -0.15) is 0 Å². The molecular weight excluding hydrogens is 490 g/mol. The summed E-state index contributed by atoms with van der Waals surface area (Å²) in [5.74, 6) is -1.42. The molecule has 0 unspecified atom stereocenters. The van der Waals surface area contributed by atoms with Crippen LogP contribution in [-0.4, -0.2) is 61.1 Å². The number of thioether (sulfide) groups is 1. The summed E-state index contributed by atoms with van der Waals surface area (Å²) in [4.78, 5) is 57.4. The Kier molecular flexibility index (Phi) is 7.22. The Balaban J connectivity index is 1.73. The SMILES string of the molecule is Cc1ccc2nc(N3CCC(C(N)=O)CC3)c(C=C3SC(=S)N(CCCC(=O)O)C3=O)c(=O)n2c1. The number of hydrogen-bond donors (Lipinski definition) is 2. The fourth-order valence-electron chi connectivity index (χ4n) is 4.20. The quantitative estimate of drug-likeness (QED) is 0.417. The standard InChI is InChI=1S/C23H25N5O5S2/c1-13-4-5-17-25-20(26-9-6-14(7-10-26)19(24)31)15(21(32)28(17)12-13)11-16-22(33)27(23(34)35-16)8-2-3-18(29)30/h4-5,11-12,14H,2-3,6-10H2,1H3,(H2,24,31)(H,29,30). The van der Waals surface area contributed by atoms with Crippen LogP contribution in [0.1, 0.15) is 36.8 Å². The van der Waals surface area contributed by atoms with Crippen molar-refractivity contribution in [2.75, 3.05) is 24.5 Å². The Morgan fingerprint density at radius 1 is 1.29 bits per heavy atom. The number of nitrogens with two attached hydrogens (primary N) is 1. The average molecular weight is 516 g/mol. The lowest BCUT2D eigenvalue weighted by molar-refractivity contribution is -0.137. The first-order valence-electron chi connectivity index (χ1n) is 11.2. The van der Waals surface area contributed by atoms with Crippen LogP contribution in [0.5, 0.6) is 0 Å². The van der Waals surface area contributed by atoms with Gasteiger partial charge >= 0.3 is 5.97 Å². The van der Waals surface area contributed by atoms with Crippen molar-refractivity contribution in [1.82, 2.24) is 14.3 Å². The van der Waals surface area contributed by atoms with Gasteiger partial charge in [-0.25, -0.2) is 4.98 Å². The fraction of sp³-hybridized carbons (Fsp3) is 0.391. The maximum absolute atomic E-state index is 13.6. The van der Waals surface area contributed by atoms with Crippen LogP contribution in [0, 0.1) is 12.8 Å². The smallest absolute Gasteiger partial charge is 0.303 e. The molecule has 0 aliphatic carbocycles. The van der Waals surface area contributed by atoms with E-state index in [-0.39, 0.29) is 53.1 Å². The number of carboxylic acids is 1. The van der Waals surface area contributed by atoms with Gasteiger partial charge in [0.05, 0.1) is 10.5 Å². The van der Waals surface area contributed by atoms with E-state index in [0.29, 0.717) is 41.7 Å². The van der Waals surface area contributed by atoms with Crippen LogP contribution < -0.4 is 16.2 Å². The number of primary amides is 1. The van der Waals surface area contributed by atoms with Gasteiger partial charge in [0, 0.05) is 38.2 Å². The Labute approximate surface area is 210 Å². The minimum absolute atomic E-state index is 0.0726. The van der Waals surface area contributed by atoms with E-state index in [1.807, 2.05) is 17.9 Å². The maximum atomic E-state index is 13.6. The van der Waals surface area contributed by atoms with Crippen molar-refractivity contribution in [3.8, 4) is 0 Å². The predicted molar refractivity (Wildman–Crippen MR) is 137 cm³/mol. The molecule has 0 saturated carbocycles. The van der Waals surface area contributed by atoms with Crippen LogP contribution in [-0.2, 0) is 14.4 Å². The molecule has 4 rings (SSSR count). The summed E-state index contributed by atoms with van der Waals surface area (Å²) >= 11 is 6.42. The van der Waals surface area contributed by atoms with Crippen molar-refractivity contribution in [2.24, 2.45) is 11.7 Å². The van der Waals surface area contributed by atoms with Gasteiger partial charge < -0.3 is 15.7 Å². The minimum Gasteiger partial charge on any atom is -0.481 e. The van der Waals surface area contributed by atoms with Crippen LogP contribution in [0.3, 0.4) is 0 Å². The third kappa shape index (κ3) is 5.22. The largest absolute Gasteiger partial charge is 0.481 e. The van der Waals surface area contributed by atoms with Gasteiger partial charge in [-0.3, -0.25) is 28.5 Å². The third-order valence-corrected chi connectivity index (χ3v) is 7.48. The molecule has 0 spiro atoms. The second kappa shape index (κ2) is 10.2. The van der Waals surface area contributed by atoms with Gasteiger partial charge in [-0.05, 0) is 43.9 Å². The van der Waals surface area contributed by atoms with E-state index in [0.717, 1.165) is 17.3 Å². The molecule has 2 saturated heterocycles. The van der Waals surface area contributed by atoms with Crippen LogP contribution in [0.25, 0.3) is 11.7 Å². The summed E-state index contributed by atoms with van der Waals surface area (Å²) in [6.45, 7) is 3.06. The molecule has 2 aromatic rings. The van der Waals surface area contributed by atoms with Gasteiger partial charge in [0.25, 0.3) is 11.5 Å². The number of hydrogen-bond acceptors (Lipinski definition) is 8. The number of carbonyl (C=O) groups is 3. The van der Waals surface area contributed by atoms with Gasteiger partial charge in [-0.15, -0.1) is 0 Å². The molecule has 0 atom stereocenters. The highest BCUT2D eigenvalue weighted by Crippen LogP contribution is 2.34. The van der Waals surface area contributed by atoms with E-state index in [1.54, 1.807) is 12.3 Å². The molecule has 2 amide bonds. The van der Waals surface area contributed by atoms with Crippen molar-refractivity contribution in [2.45, 2.75) is 32.6 Å². The molecule has 3 N–H and O–H groups in total. The summed E-state index contributed by atoms with van der Waals surface area (Å²) < 4.78 is 1.77. The summed E-state index contributed by atoms with van der Waals surface area (Å²) in [5.41, 5.74) is 6.77. The van der Waals surface area contributed by atoms with E-state index >= 15 is 0 Å². The molecule has 35 heavy (non-hydrogen) atoms. The number of aryl methyl sites for hydroxylation is 1. The zero-order chi connectivity index (χ0) is 25.3. The first kappa shape index (κ1) is 24.9. The number of thiocarbonyl (C=S) groups is 1. The fourth-order valence-corrected chi connectivity index (χ4v) is 5.49. The number of aromatic nitrogens is 2. The number of anilines is 1. The van der Waals surface area contributed by atoms with Crippen molar-refractivity contribution >= 4 is 63.6 Å².